The van der Waals surface area contributed by atoms with Crippen molar-refractivity contribution in [3.8, 4) is 28.7 Å². The maximum Gasteiger partial charge on any atom is 0.339 e. The molecule has 10 nitrogen and oxygen atoms in total. The van der Waals surface area contributed by atoms with Crippen molar-refractivity contribution in [2.45, 2.75) is 13.8 Å². The summed E-state index contributed by atoms with van der Waals surface area (Å²) in [5.41, 5.74) is 0.829. The fraction of sp³-hybridized carbons (Fsp3) is 0.0690. The largest absolute Gasteiger partial charge is 0.423 e. The maximum atomic E-state index is 13.0. The summed E-state index contributed by atoms with van der Waals surface area (Å²) in [4.78, 5) is 59.7. The lowest BCUT2D eigenvalue weighted by Crippen LogP contribution is -2.13. The molecule has 200 valence electrons. The highest BCUT2D eigenvalue weighted by atomic mass is 16.6. The van der Waals surface area contributed by atoms with E-state index in [9.17, 15) is 24.0 Å². The van der Waals surface area contributed by atoms with Gasteiger partial charge in [0, 0.05) is 42.0 Å². The first-order chi connectivity index (χ1) is 18.5. The number of rotatable bonds is 11. The topological polar surface area (TPSA) is 132 Å². The molecule has 0 radical (unpaired) electrons. The molecule has 0 aliphatic heterocycles. The van der Waals surface area contributed by atoms with Gasteiger partial charge in [-0.25, -0.2) is 24.0 Å². The van der Waals surface area contributed by atoms with E-state index >= 15 is 0 Å². The maximum absolute atomic E-state index is 13.0. The molecule has 0 aliphatic rings. The first-order valence-corrected chi connectivity index (χ1v) is 11.1. The summed E-state index contributed by atoms with van der Waals surface area (Å²) in [5.74, 6) is -4.28. The quantitative estimate of drug-likeness (QED) is 0.232. The molecule has 39 heavy (non-hydrogen) atoms. The Hall–Kier alpha value is -5.51. The van der Waals surface area contributed by atoms with Gasteiger partial charge in [-0.3, -0.25) is 0 Å². The lowest BCUT2D eigenvalue weighted by atomic mass is 10.0. The molecular formula is C29H24O10. The van der Waals surface area contributed by atoms with Gasteiger partial charge in [-0.2, -0.15) is 0 Å². The number of carbonyl (C=O) groups excluding carboxylic acids is 5. The Morgan fingerprint density at radius 3 is 1.51 bits per heavy atom. The summed E-state index contributed by atoms with van der Waals surface area (Å²) in [5, 5.41) is 0. The molecule has 2 aromatic rings. The van der Waals surface area contributed by atoms with Gasteiger partial charge in [-0.05, 0) is 49.2 Å². The van der Waals surface area contributed by atoms with Crippen molar-refractivity contribution in [3.05, 3.63) is 98.2 Å². The fourth-order valence-corrected chi connectivity index (χ4v) is 2.79. The predicted molar refractivity (Wildman–Crippen MR) is 140 cm³/mol. The smallest absolute Gasteiger partial charge is 0.339 e. The van der Waals surface area contributed by atoms with Gasteiger partial charge >= 0.3 is 29.8 Å². The van der Waals surface area contributed by atoms with Crippen LogP contribution in [0.25, 0.3) is 5.57 Å². The number of benzene rings is 2. The Bertz CT molecular complexity index is 1370. The Kier molecular flexibility index (Phi) is 10.4. The molecule has 0 bridgehead atoms. The van der Waals surface area contributed by atoms with Crippen LogP contribution in [0.15, 0.2) is 92.6 Å². The zero-order valence-electron chi connectivity index (χ0n) is 21.2. The molecule has 0 spiro atoms. The number of carbonyl (C=O) groups is 5. The normalized spacial score (nSPS) is 10.6. The van der Waals surface area contributed by atoms with Crippen LogP contribution in [0.5, 0.6) is 28.7 Å². The average molecular weight is 533 g/mol. The van der Waals surface area contributed by atoms with E-state index in [1.54, 1.807) is 6.92 Å². The van der Waals surface area contributed by atoms with Gasteiger partial charge in [-0.15, -0.1) is 0 Å². The van der Waals surface area contributed by atoms with Crippen LogP contribution in [0, 0.1) is 0 Å². The lowest BCUT2D eigenvalue weighted by Gasteiger charge is -2.14. The number of allylic oxidation sites excluding steroid dienone is 1. The minimum Gasteiger partial charge on any atom is -0.423 e. The van der Waals surface area contributed by atoms with Crippen LogP contribution in [-0.2, 0) is 24.0 Å². The summed E-state index contributed by atoms with van der Waals surface area (Å²) >= 11 is 0. The molecule has 0 fully saturated rings. The van der Waals surface area contributed by atoms with E-state index in [-0.39, 0.29) is 34.3 Å². The van der Waals surface area contributed by atoms with Crippen LogP contribution in [0.2, 0.25) is 0 Å². The average Bonchev–Trinajstić information content (AvgIpc) is 2.92. The third-order valence-electron chi connectivity index (χ3n) is 4.83. The van der Waals surface area contributed by atoms with Crippen LogP contribution < -0.4 is 23.7 Å². The fourth-order valence-electron chi connectivity index (χ4n) is 2.79. The van der Waals surface area contributed by atoms with Gasteiger partial charge in [0.15, 0.2) is 11.5 Å². The third kappa shape index (κ3) is 8.53. The summed E-state index contributed by atoms with van der Waals surface area (Å²) in [6.07, 6.45) is 3.74. The summed E-state index contributed by atoms with van der Waals surface area (Å²) < 4.78 is 25.9. The highest BCUT2D eigenvalue weighted by Gasteiger charge is 2.19. The zero-order valence-corrected chi connectivity index (χ0v) is 21.2. The van der Waals surface area contributed by atoms with Gasteiger partial charge in [0.2, 0.25) is 0 Å². The SMILES string of the molecule is C=CC(=O)Oc1cc(OC(=O)C=C)cc(C(C)=C(C)C(=O)Oc2ccc(OC(=O)C=C)cc2OC(=O)C=C)c1. The highest BCUT2D eigenvalue weighted by molar-refractivity contribution is 5.98. The van der Waals surface area contributed by atoms with Crippen LogP contribution in [0.4, 0.5) is 0 Å². The van der Waals surface area contributed by atoms with E-state index in [1.807, 2.05) is 0 Å². The Balaban J connectivity index is 2.46. The molecule has 0 saturated heterocycles. The van der Waals surface area contributed by atoms with E-state index < -0.39 is 29.8 Å². The van der Waals surface area contributed by atoms with E-state index in [2.05, 4.69) is 26.3 Å². The van der Waals surface area contributed by atoms with Crippen LogP contribution in [0.1, 0.15) is 19.4 Å². The molecule has 2 rings (SSSR count). The molecule has 0 aromatic heterocycles. The first kappa shape index (κ1) is 29.7. The van der Waals surface area contributed by atoms with Gasteiger partial charge < -0.3 is 23.7 Å². The number of ether oxygens (including phenoxy) is 5. The van der Waals surface area contributed by atoms with E-state index in [4.69, 9.17) is 23.7 Å². The molecule has 0 atom stereocenters. The Morgan fingerprint density at radius 1 is 0.564 bits per heavy atom. The van der Waals surface area contributed by atoms with Crippen molar-refractivity contribution in [3.63, 3.8) is 0 Å². The summed E-state index contributed by atoms with van der Waals surface area (Å²) in [6, 6.07) is 7.94. The van der Waals surface area contributed by atoms with Gasteiger partial charge in [0.1, 0.15) is 17.2 Å². The highest BCUT2D eigenvalue weighted by Crippen LogP contribution is 2.34. The Morgan fingerprint density at radius 2 is 1.03 bits per heavy atom. The molecule has 0 amide bonds. The van der Waals surface area contributed by atoms with E-state index in [1.165, 1.54) is 43.3 Å². The minimum atomic E-state index is -0.851. The van der Waals surface area contributed by atoms with Crippen molar-refractivity contribution in [1.82, 2.24) is 0 Å². The molecule has 0 aliphatic carbocycles. The molecule has 0 unspecified atom stereocenters. The minimum absolute atomic E-state index is 0.00231. The van der Waals surface area contributed by atoms with Crippen LogP contribution in [0.3, 0.4) is 0 Å². The predicted octanol–water partition coefficient (Wildman–Crippen LogP) is 4.45. The molecule has 10 heteroatoms. The summed E-state index contributed by atoms with van der Waals surface area (Å²) in [7, 11) is 0. The van der Waals surface area contributed by atoms with E-state index in [0.29, 0.717) is 11.1 Å². The van der Waals surface area contributed by atoms with Crippen LogP contribution in [-0.4, -0.2) is 29.8 Å². The molecule has 0 saturated carbocycles. The third-order valence-corrected chi connectivity index (χ3v) is 4.83. The van der Waals surface area contributed by atoms with E-state index in [0.717, 1.165) is 24.3 Å². The van der Waals surface area contributed by atoms with Crippen molar-refractivity contribution >= 4 is 35.4 Å². The monoisotopic (exact) mass is 532 g/mol. The standard InChI is InChI=1S/C29H24O10/c1-7-25(30)35-20-11-12-23(24(16-20)38-28(33)10-4)39-29(34)18(6)17(5)19-13-21(36-26(31)8-2)15-22(14-19)37-27(32)9-3/h7-16H,1-4H2,5-6H3. The number of hydrogen-bond acceptors (Lipinski definition) is 10. The molecular weight excluding hydrogens is 508 g/mol. The number of esters is 5. The first-order valence-electron chi connectivity index (χ1n) is 11.1. The van der Waals surface area contributed by atoms with Gasteiger partial charge in [0.25, 0.3) is 0 Å². The second kappa shape index (κ2) is 13.7. The lowest BCUT2D eigenvalue weighted by molar-refractivity contribution is -0.132. The Labute approximate surface area is 224 Å². The molecule has 2 aromatic carbocycles. The van der Waals surface area contributed by atoms with Crippen molar-refractivity contribution < 1.29 is 47.7 Å². The van der Waals surface area contributed by atoms with Crippen molar-refractivity contribution in [2.75, 3.05) is 0 Å². The van der Waals surface area contributed by atoms with Crippen molar-refractivity contribution in [1.29, 1.82) is 0 Å². The zero-order chi connectivity index (χ0) is 29.1. The second-order valence-electron chi connectivity index (χ2n) is 7.44. The van der Waals surface area contributed by atoms with Crippen LogP contribution >= 0.6 is 0 Å². The second-order valence-corrected chi connectivity index (χ2v) is 7.44. The van der Waals surface area contributed by atoms with Crippen molar-refractivity contribution in [2.24, 2.45) is 0 Å². The van der Waals surface area contributed by atoms with Gasteiger partial charge in [0.05, 0.1) is 0 Å². The molecule has 0 N–H and O–H groups in total. The number of hydrogen-bond donors (Lipinski definition) is 0. The molecule has 0 heterocycles. The summed E-state index contributed by atoms with van der Waals surface area (Å²) in [6.45, 7) is 16.3. The van der Waals surface area contributed by atoms with Gasteiger partial charge in [-0.1, -0.05) is 26.3 Å².